The van der Waals surface area contributed by atoms with Crippen molar-refractivity contribution in [2.75, 3.05) is 14.2 Å². The summed E-state index contributed by atoms with van der Waals surface area (Å²) in [5, 5.41) is 0. The van der Waals surface area contributed by atoms with Crippen LogP contribution in [0.3, 0.4) is 0 Å². The summed E-state index contributed by atoms with van der Waals surface area (Å²) in [4.78, 5) is 0. The predicted molar refractivity (Wildman–Crippen MR) is 79.7 cm³/mol. The van der Waals surface area contributed by atoms with Crippen LogP contribution in [0, 0.1) is 18.7 Å². The van der Waals surface area contributed by atoms with Gasteiger partial charge in [-0.2, -0.15) is 0 Å². The molecule has 0 fully saturated rings. The molecule has 0 heterocycles. The molecule has 0 aliphatic heterocycles. The Kier molecular flexibility index (Phi) is 6.19. The zero-order valence-electron chi connectivity index (χ0n) is 12.1. The van der Waals surface area contributed by atoms with E-state index in [-0.39, 0.29) is 0 Å². The molecule has 0 N–H and O–H groups in total. The van der Waals surface area contributed by atoms with Crippen LogP contribution in [0.15, 0.2) is 48.5 Å². The van der Waals surface area contributed by atoms with E-state index >= 15 is 0 Å². The molecule has 0 aliphatic rings. The third-order valence-electron chi connectivity index (χ3n) is 2.84. The van der Waals surface area contributed by atoms with Crippen LogP contribution in [-0.4, -0.2) is 14.2 Å². The summed E-state index contributed by atoms with van der Waals surface area (Å²) in [6.45, 7) is 0. The third-order valence-corrected chi connectivity index (χ3v) is 5.59. The van der Waals surface area contributed by atoms with Crippen molar-refractivity contribution in [3.8, 4) is 30.2 Å². The number of hydrogen-bond acceptors (Lipinski definition) is 2. The molecular weight excluding hydrogens is 449 g/mol. The molecule has 2 aromatic rings. The Morgan fingerprint density at radius 2 is 1.14 bits per heavy atom. The molecule has 0 bridgehead atoms. The van der Waals surface area contributed by atoms with E-state index in [0.29, 0.717) is 0 Å². The Morgan fingerprint density at radius 3 is 1.57 bits per heavy atom. The minimum atomic E-state index is -1.51. The molecule has 21 heavy (non-hydrogen) atoms. The number of methoxy groups -OCH3 is 2. The first-order chi connectivity index (χ1) is 10.3. The molecule has 100 valence electrons. The van der Waals surface area contributed by atoms with Crippen molar-refractivity contribution in [3.05, 3.63) is 59.7 Å². The van der Waals surface area contributed by atoms with Crippen molar-refractivity contribution in [2.24, 2.45) is 0 Å². The van der Waals surface area contributed by atoms with Crippen molar-refractivity contribution in [3.63, 3.8) is 0 Å². The summed E-state index contributed by atoms with van der Waals surface area (Å²) in [6, 6.07) is 15.6. The van der Waals surface area contributed by atoms with Crippen molar-refractivity contribution in [2.45, 2.75) is 0 Å². The third kappa shape index (κ3) is 4.55. The average Bonchev–Trinajstić information content (AvgIpc) is 2.55. The molecular formula is C18H14HgO2. The molecule has 0 saturated heterocycles. The Labute approximate surface area is 137 Å². The Morgan fingerprint density at radius 1 is 0.714 bits per heavy atom. The maximum atomic E-state index is 5.27. The van der Waals surface area contributed by atoms with Gasteiger partial charge in [0.05, 0.1) is 0 Å². The van der Waals surface area contributed by atoms with E-state index in [1.54, 1.807) is 14.2 Å². The summed E-state index contributed by atoms with van der Waals surface area (Å²) >= 11 is -1.51. The second-order valence-electron chi connectivity index (χ2n) is 4.18. The Balaban J connectivity index is 2.06. The SMILES string of the molecule is COc1ccccc1C#[C][Hg][C]#Cc1ccccc1OC. The van der Waals surface area contributed by atoms with Gasteiger partial charge in [0.1, 0.15) is 0 Å². The molecule has 0 spiro atoms. The number of ether oxygens (including phenoxy) is 2. The summed E-state index contributed by atoms with van der Waals surface area (Å²) in [7, 11) is 3.32. The fourth-order valence-electron chi connectivity index (χ4n) is 1.82. The van der Waals surface area contributed by atoms with Crippen molar-refractivity contribution in [1.82, 2.24) is 0 Å². The average molecular weight is 463 g/mol. The molecule has 0 saturated carbocycles. The van der Waals surface area contributed by atoms with E-state index < -0.39 is 24.6 Å². The Bertz CT molecular complexity index is 666. The van der Waals surface area contributed by atoms with Crippen LogP contribution in [0.5, 0.6) is 11.5 Å². The summed E-state index contributed by atoms with van der Waals surface area (Å²) < 4.78 is 17.1. The zero-order valence-corrected chi connectivity index (χ0v) is 17.6. The van der Waals surface area contributed by atoms with Gasteiger partial charge in [-0.15, -0.1) is 0 Å². The van der Waals surface area contributed by atoms with Gasteiger partial charge in [0, 0.05) is 0 Å². The van der Waals surface area contributed by atoms with Gasteiger partial charge in [-0.05, 0) is 0 Å². The van der Waals surface area contributed by atoms with Gasteiger partial charge in [0.25, 0.3) is 0 Å². The van der Waals surface area contributed by atoms with E-state index in [9.17, 15) is 0 Å². The molecule has 0 aromatic heterocycles. The molecule has 0 radical (unpaired) electrons. The zero-order chi connectivity index (χ0) is 14.9. The van der Waals surface area contributed by atoms with E-state index in [1.807, 2.05) is 48.5 Å². The van der Waals surface area contributed by atoms with Crippen LogP contribution >= 0.6 is 0 Å². The van der Waals surface area contributed by atoms with Crippen LogP contribution < -0.4 is 9.47 Å². The molecule has 2 rings (SSSR count). The fraction of sp³-hybridized carbons (Fsp3) is 0.111. The predicted octanol–water partition coefficient (Wildman–Crippen LogP) is 3.10. The molecule has 0 amide bonds. The van der Waals surface area contributed by atoms with E-state index in [0.717, 1.165) is 22.6 Å². The number of hydrogen-bond donors (Lipinski definition) is 0. The van der Waals surface area contributed by atoms with Crippen LogP contribution in [0.1, 0.15) is 11.1 Å². The van der Waals surface area contributed by atoms with Crippen LogP contribution in [0.25, 0.3) is 0 Å². The van der Waals surface area contributed by atoms with Crippen LogP contribution in [0.2, 0.25) is 0 Å². The second-order valence-corrected chi connectivity index (χ2v) is 8.30. The molecule has 0 atom stereocenters. The number of rotatable bonds is 2. The quantitative estimate of drug-likeness (QED) is 0.504. The maximum absolute atomic E-state index is 5.27. The van der Waals surface area contributed by atoms with Crippen molar-refractivity contribution in [1.29, 1.82) is 0 Å². The summed E-state index contributed by atoms with van der Waals surface area (Å²) in [6.07, 6.45) is 0. The molecule has 2 nitrogen and oxygen atoms in total. The van der Waals surface area contributed by atoms with Gasteiger partial charge < -0.3 is 0 Å². The first kappa shape index (κ1) is 15.5. The molecule has 0 aliphatic carbocycles. The minimum absolute atomic E-state index is 0.816. The summed E-state index contributed by atoms with van der Waals surface area (Å²) in [5.74, 6) is 7.97. The standard InChI is InChI=1S/2C9H7O.Hg/c2*1-3-8-6-4-5-7-9(8)10-2;/h2*4-7H,2H3;. The van der Waals surface area contributed by atoms with Gasteiger partial charge in [-0.3, -0.25) is 0 Å². The Hall–Kier alpha value is -1.90. The number of benzene rings is 2. The van der Waals surface area contributed by atoms with E-state index in [4.69, 9.17) is 9.47 Å². The van der Waals surface area contributed by atoms with E-state index in [1.165, 1.54) is 0 Å². The van der Waals surface area contributed by atoms with Crippen LogP contribution in [0.4, 0.5) is 0 Å². The fourth-order valence-corrected chi connectivity index (χ4v) is 4.33. The van der Waals surface area contributed by atoms with E-state index in [2.05, 4.69) is 18.7 Å². The second kappa shape index (κ2) is 8.40. The summed E-state index contributed by atoms with van der Waals surface area (Å²) in [5.41, 5.74) is 1.86. The van der Waals surface area contributed by atoms with Gasteiger partial charge in [-0.25, -0.2) is 0 Å². The number of para-hydroxylation sites is 2. The topological polar surface area (TPSA) is 18.5 Å². The molecule has 0 unspecified atom stereocenters. The van der Waals surface area contributed by atoms with Gasteiger partial charge in [0.2, 0.25) is 0 Å². The normalized spacial score (nSPS) is 8.48. The van der Waals surface area contributed by atoms with Gasteiger partial charge in [-0.1, -0.05) is 0 Å². The first-order valence-corrected chi connectivity index (χ1v) is 12.1. The molecule has 3 heteroatoms. The first-order valence-electron chi connectivity index (χ1n) is 6.59. The van der Waals surface area contributed by atoms with Crippen molar-refractivity contribution >= 4 is 0 Å². The van der Waals surface area contributed by atoms with Gasteiger partial charge >= 0.3 is 138 Å². The van der Waals surface area contributed by atoms with Crippen molar-refractivity contribution < 1.29 is 34.0 Å². The van der Waals surface area contributed by atoms with Crippen LogP contribution in [-0.2, 0) is 24.6 Å². The molecule has 2 aromatic carbocycles. The van der Waals surface area contributed by atoms with Gasteiger partial charge in [0.15, 0.2) is 0 Å². The monoisotopic (exact) mass is 464 g/mol.